The van der Waals surface area contributed by atoms with Gasteiger partial charge in [0.15, 0.2) is 0 Å². The van der Waals surface area contributed by atoms with Gasteiger partial charge in [-0.3, -0.25) is 4.98 Å². The van der Waals surface area contributed by atoms with Crippen molar-refractivity contribution in [3.63, 3.8) is 0 Å². The van der Waals surface area contributed by atoms with Gasteiger partial charge in [-0.05, 0) is 13.0 Å². The Morgan fingerprint density at radius 3 is 2.82 bits per heavy atom. The normalized spacial score (nSPS) is 13.0. The van der Waals surface area contributed by atoms with Crippen molar-refractivity contribution in [1.82, 2.24) is 4.98 Å². The molecular weight excluding hydrogens is 162 g/mol. The number of aliphatic hydroxyl groups excluding tert-OH is 1. The Morgan fingerprint density at radius 2 is 2.36 bits per heavy atom. The van der Waals surface area contributed by atoms with Crippen LogP contribution in [-0.2, 0) is 0 Å². The lowest BCUT2D eigenvalue weighted by Gasteiger charge is -2.05. The highest BCUT2D eigenvalue weighted by molar-refractivity contribution is 6.18. The smallest absolute Gasteiger partial charge is 0.0940 e. The minimum Gasteiger partial charge on any atom is -0.387 e. The van der Waals surface area contributed by atoms with Crippen LogP contribution in [0, 0.1) is 6.92 Å². The van der Waals surface area contributed by atoms with E-state index in [2.05, 4.69) is 4.98 Å². The van der Waals surface area contributed by atoms with Gasteiger partial charge in [-0.15, -0.1) is 11.6 Å². The summed E-state index contributed by atoms with van der Waals surface area (Å²) in [4.78, 5) is 4.03. The molecule has 1 aromatic heterocycles. The average molecular weight is 172 g/mol. The van der Waals surface area contributed by atoms with E-state index in [0.717, 1.165) is 11.3 Å². The molecule has 0 radical (unpaired) electrons. The third kappa shape index (κ3) is 2.17. The summed E-state index contributed by atoms with van der Waals surface area (Å²) in [6.45, 7) is 1.90. The molecule has 0 aliphatic heterocycles. The van der Waals surface area contributed by atoms with E-state index in [1.54, 1.807) is 6.20 Å². The van der Waals surface area contributed by atoms with Crippen LogP contribution in [0.1, 0.15) is 17.4 Å². The van der Waals surface area contributed by atoms with Crippen molar-refractivity contribution < 1.29 is 5.11 Å². The van der Waals surface area contributed by atoms with Crippen molar-refractivity contribution in [3.05, 3.63) is 29.6 Å². The summed E-state index contributed by atoms with van der Waals surface area (Å²) in [7, 11) is 0. The molecule has 60 valence electrons. The molecule has 1 N–H and O–H groups in total. The van der Waals surface area contributed by atoms with Crippen molar-refractivity contribution >= 4 is 11.6 Å². The zero-order chi connectivity index (χ0) is 8.27. The molecule has 1 aromatic rings. The van der Waals surface area contributed by atoms with E-state index >= 15 is 0 Å². The molecule has 0 saturated carbocycles. The molecule has 0 aromatic carbocycles. The predicted octanol–water partition coefficient (Wildman–Crippen LogP) is 1.66. The van der Waals surface area contributed by atoms with Crippen molar-refractivity contribution in [2.24, 2.45) is 0 Å². The first-order valence-electron chi connectivity index (χ1n) is 3.40. The largest absolute Gasteiger partial charge is 0.387 e. The van der Waals surface area contributed by atoms with E-state index < -0.39 is 6.10 Å². The molecule has 11 heavy (non-hydrogen) atoms. The van der Waals surface area contributed by atoms with E-state index in [1.807, 2.05) is 19.1 Å². The standard InChI is InChI=1S/C8H10ClNO/c1-6-2-3-7(5-10-6)8(11)4-9/h2-3,5,8,11H,4H2,1H3. The molecule has 1 heterocycles. The first-order valence-corrected chi connectivity index (χ1v) is 3.94. The van der Waals surface area contributed by atoms with Gasteiger partial charge in [0.25, 0.3) is 0 Å². The Balaban J connectivity index is 2.81. The number of nitrogens with zero attached hydrogens (tertiary/aromatic N) is 1. The molecule has 0 aliphatic carbocycles. The van der Waals surface area contributed by atoms with E-state index in [4.69, 9.17) is 11.6 Å². The number of pyridine rings is 1. The van der Waals surface area contributed by atoms with Crippen LogP contribution in [-0.4, -0.2) is 16.0 Å². The van der Waals surface area contributed by atoms with Gasteiger partial charge in [0, 0.05) is 17.5 Å². The van der Waals surface area contributed by atoms with Gasteiger partial charge in [0.1, 0.15) is 0 Å². The monoisotopic (exact) mass is 171 g/mol. The van der Waals surface area contributed by atoms with Crippen LogP contribution in [0.4, 0.5) is 0 Å². The van der Waals surface area contributed by atoms with Crippen LogP contribution >= 0.6 is 11.6 Å². The second kappa shape index (κ2) is 3.69. The zero-order valence-corrected chi connectivity index (χ0v) is 7.04. The highest BCUT2D eigenvalue weighted by atomic mass is 35.5. The Morgan fingerprint density at radius 1 is 1.64 bits per heavy atom. The Bertz CT molecular complexity index is 222. The number of halogens is 1. The molecule has 0 aliphatic rings. The minimum atomic E-state index is -0.593. The SMILES string of the molecule is Cc1ccc(C(O)CCl)cn1. The van der Waals surface area contributed by atoms with Gasteiger partial charge in [0.2, 0.25) is 0 Å². The Labute approximate surface area is 70.8 Å². The maximum Gasteiger partial charge on any atom is 0.0940 e. The molecule has 0 fully saturated rings. The van der Waals surface area contributed by atoms with Crippen molar-refractivity contribution in [3.8, 4) is 0 Å². The number of hydrogen-bond acceptors (Lipinski definition) is 2. The average Bonchev–Trinajstić information content (AvgIpc) is 2.05. The summed E-state index contributed by atoms with van der Waals surface area (Å²) < 4.78 is 0. The van der Waals surface area contributed by atoms with Gasteiger partial charge in [-0.1, -0.05) is 6.07 Å². The molecule has 0 saturated heterocycles. The lowest BCUT2D eigenvalue weighted by atomic mass is 10.2. The van der Waals surface area contributed by atoms with Crippen molar-refractivity contribution in [2.45, 2.75) is 13.0 Å². The van der Waals surface area contributed by atoms with Gasteiger partial charge in [0.05, 0.1) is 12.0 Å². The third-order valence-corrected chi connectivity index (χ3v) is 1.76. The summed E-state index contributed by atoms with van der Waals surface area (Å²) in [5, 5.41) is 9.25. The molecule has 1 unspecified atom stereocenters. The lowest BCUT2D eigenvalue weighted by Crippen LogP contribution is -1.98. The lowest BCUT2D eigenvalue weighted by molar-refractivity contribution is 0.202. The van der Waals surface area contributed by atoms with E-state index in [9.17, 15) is 5.11 Å². The number of alkyl halides is 1. The molecule has 3 heteroatoms. The number of aromatic nitrogens is 1. The summed E-state index contributed by atoms with van der Waals surface area (Å²) >= 11 is 5.45. The van der Waals surface area contributed by atoms with Crippen LogP contribution in [0.15, 0.2) is 18.3 Å². The number of aryl methyl sites for hydroxylation is 1. The topological polar surface area (TPSA) is 33.1 Å². The van der Waals surface area contributed by atoms with Crippen molar-refractivity contribution in [1.29, 1.82) is 0 Å². The van der Waals surface area contributed by atoms with Crippen LogP contribution in [0.25, 0.3) is 0 Å². The molecule has 0 bridgehead atoms. The minimum absolute atomic E-state index is 0.213. The number of hydrogen-bond donors (Lipinski definition) is 1. The van der Waals surface area contributed by atoms with E-state index in [0.29, 0.717) is 0 Å². The quantitative estimate of drug-likeness (QED) is 0.687. The fourth-order valence-electron chi connectivity index (χ4n) is 0.765. The van der Waals surface area contributed by atoms with Gasteiger partial charge >= 0.3 is 0 Å². The summed E-state index contributed by atoms with van der Waals surface area (Å²) in [5.41, 5.74) is 1.71. The van der Waals surface area contributed by atoms with Crippen LogP contribution in [0.3, 0.4) is 0 Å². The fourth-order valence-corrected chi connectivity index (χ4v) is 0.944. The van der Waals surface area contributed by atoms with Crippen LogP contribution in [0.2, 0.25) is 0 Å². The molecule has 1 rings (SSSR count). The maximum absolute atomic E-state index is 9.25. The van der Waals surface area contributed by atoms with Gasteiger partial charge < -0.3 is 5.11 Å². The van der Waals surface area contributed by atoms with E-state index in [1.165, 1.54) is 0 Å². The maximum atomic E-state index is 9.25. The first-order chi connectivity index (χ1) is 5.24. The fraction of sp³-hybridized carbons (Fsp3) is 0.375. The summed E-state index contributed by atoms with van der Waals surface area (Å²) in [6.07, 6.45) is 1.05. The van der Waals surface area contributed by atoms with Gasteiger partial charge in [-0.2, -0.15) is 0 Å². The first kappa shape index (κ1) is 8.50. The Hall–Kier alpha value is -0.600. The molecule has 1 atom stereocenters. The predicted molar refractivity (Wildman–Crippen MR) is 44.7 cm³/mol. The molecule has 0 amide bonds. The number of rotatable bonds is 2. The Kier molecular flexibility index (Phi) is 2.85. The summed E-state index contributed by atoms with van der Waals surface area (Å²) in [6, 6.07) is 3.68. The second-order valence-corrected chi connectivity index (χ2v) is 2.71. The third-order valence-electron chi connectivity index (χ3n) is 1.47. The second-order valence-electron chi connectivity index (χ2n) is 2.40. The molecule has 0 spiro atoms. The van der Waals surface area contributed by atoms with Crippen LogP contribution in [0.5, 0.6) is 0 Å². The van der Waals surface area contributed by atoms with Gasteiger partial charge in [-0.25, -0.2) is 0 Å². The van der Waals surface area contributed by atoms with E-state index in [-0.39, 0.29) is 5.88 Å². The van der Waals surface area contributed by atoms with Crippen molar-refractivity contribution in [2.75, 3.05) is 5.88 Å². The molecule has 2 nitrogen and oxygen atoms in total. The highest BCUT2D eigenvalue weighted by Crippen LogP contribution is 2.12. The highest BCUT2D eigenvalue weighted by Gasteiger charge is 2.04. The van der Waals surface area contributed by atoms with Crippen LogP contribution < -0.4 is 0 Å². The zero-order valence-electron chi connectivity index (χ0n) is 6.29. The number of aliphatic hydroxyl groups is 1. The molecular formula is C8H10ClNO. The summed E-state index contributed by atoms with van der Waals surface area (Å²) in [5.74, 6) is 0.213.